The predicted octanol–water partition coefficient (Wildman–Crippen LogP) is 4.17. The topological polar surface area (TPSA) is 106 Å². The molecule has 0 spiro atoms. The molecule has 6 rings (SSSR count). The van der Waals surface area contributed by atoms with Gasteiger partial charge in [0, 0.05) is 37.1 Å². The van der Waals surface area contributed by atoms with Gasteiger partial charge in [-0.05, 0) is 55.8 Å². The second-order valence-corrected chi connectivity index (χ2v) is 9.39. The van der Waals surface area contributed by atoms with Gasteiger partial charge in [0.05, 0.1) is 17.8 Å². The largest absolute Gasteiger partial charge is 0.487 e. The molecule has 2 aliphatic heterocycles. The first-order valence-corrected chi connectivity index (χ1v) is 12.4. The van der Waals surface area contributed by atoms with Gasteiger partial charge in [-0.3, -0.25) is 9.78 Å². The van der Waals surface area contributed by atoms with E-state index in [-0.39, 0.29) is 11.9 Å². The van der Waals surface area contributed by atoms with Gasteiger partial charge in [-0.15, -0.1) is 0 Å². The summed E-state index contributed by atoms with van der Waals surface area (Å²) >= 11 is 0. The van der Waals surface area contributed by atoms with Crippen LogP contribution in [0.4, 0.5) is 17.3 Å². The quantitative estimate of drug-likeness (QED) is 0.397. The van der Waals surface area contributed by atoms with Crippen molar-refractivity contribution in [3.05, 3.63) is 72.8 Å². The Balaban J connectivity index is 1.27. The van der Waals surface area contributed by atoms with Gasteiger partial charge < -0.3 is 24.6 Å². The van der Waals surface area contributed by atoms with E-state index in [9.17, 15) is 4.79 Å². The summed E-state index contributed by atoms with van der Waals surface area (Å²) in [6, 6.07) is 11.5. The molecule has 1 aromatic carbocycles. The Morgan fingerprint density at radius 1 is 1.16 bits per heavy atom. The fourth-order valence-corrected chi connectivity index (χ4v) is 4.79. The van der Waals surface area contributed by atoms with Crippen molar-refractivity contribution in [3.8, 4) is 17.2 Å². The molecule has 2 bridgehead atoms. The third-order valence-corrected chi connectivity index (χ3v) is 6.78. The molecule has 3 aromatic heterocycles. The van der Waals surface area contributed by atoms with Gasteiger partial charge in [0.1, 0.15) is 29.9 Å². The highest BCUT2D eigenvalue weighted by Gasteiger charge is 2.34. The van der Waals surface area contributed by atoms with E-state index < -0.39 is 0 Å². The van der Waals surface area contributed by atoms with Gasteiger partial charge in [-0.25, -0.2) is 15.0 Å². The van der Waals surface area contributed by atoms with Crippen LogP contribution < -0.4 is 19.7 Å². The van der Waals surface area contributed by atoms with E-state index in [1.807, 2.05) is 55.1 Å². The van der Waals surface area contributed by atoms with Crippen LogP contribution >= 0.6 is 0 Å². The van der Waals surface area contributed by atoms with Crippen LogP contribution in [-0.2, 0) is 4.79 Å². The monoisotopic (exact) mass is 509 g/mol. The van der Waals surface area contributed by atoms with Gasteiger partial charge >= 0.3 is 0 Å². The summed E-state index contributed by atoms with van der Waals surface area (Å²) in [6.45, 7) is 9.82. The number of nitrogens with zero attached hydrogens (tertiary/aromatic N) is 6. The molecule has 1 amide bonds. The summed E-state index contributed by atoms with van der Waals surface area (Å²) in [6.07, 6.45) is 4.58. The number of anilines is 3. The average molecular weight is 510 g/mol. The van der Waals surface area contributed by atoms with Crippen molar-refractivity contribution in [1.82, 2.24) is 24.8 Å². The van der Waals surface area contributed by atoms with Gasteiger partial charge in [0.15, 0.2) is 17.4 Å². The fraction of sp³-hybridized carbons (Fsp3) is 0.250. The Hall–Kier alpha value is -4.73. The molecule has 1 N–H and O–H groups in total. The zero-order valence-corrected chi connectivity index (χ0v) is 21.2. The second-order valence-electron chi connectivity index (χ2n) is 9.39. The number of piperazine rings is 1. The molecule has 1 atom stereocenters. The van der Waals surface area contributed by atoms with Crippen LogP contribution in [0, 0.1) is 13.8 Å². The number of amides is 1. The number of pyridine rings is 2. The fourth-order valence-electron chi connectivity index (χ4n) is 4.79. The number of hydrogen-bond acceptors (Lipinski definition) is 9. The van der Waals surface area contributed by atoms with Gasteiger partial charge in [-0.1, -0.05) is 6.58 Å². The van der Waals surface area contributed by atoms with Crippen molar-refractivity contribution in [3.63, 3.8) is 0 Å². The Morgan fingerprint density at radius 3 is 2.84 bits per heavy atom. The van der Waals surface area contributed by atoms with Crippen molar-refractivity contribution in [2.24, 2.45) is 0 Å². The van der Waals surface area contributed by atoms with Crippen molar-refractivity contribution < 1.29 is 14.3 Å². The van der Waals surface area contributed by atoms with Crippen LogP contribution in [0.15, 0.2) is 61.6 Å². The number of aryl methyl sites for hydroxylation is 2. The molecule has 10 nitrogen and oxygen atoms in total. The molecule has 1 saturated heterocycles. The van der Waals surface area contributed by atoms with Crippen LogP contribution in [-0.4, -0.2) is 63.0 Å². The number of nitrogens with one attached hydrogen (secondary N) is 1. The highest BCUT2D eigenvalue weighted by Crippen LogP contribution is 2.36. The molecular formula is C28H27N7O3. The summed E-state index contributed by atoms with van der Waals surface area (Å²) < 4.78 is 12.1. The summed E-state index contributed by atoms with van der Waals surface area (Å²) in [7, 11) is 0. The third kappa shape index (κ3) is 4.45. The van der Waals surface area contributed by atoms with E-state index in [4.69, 9.17) is 14.5 Å². The first-order valence-electron chi connectivity index (χ1n) is 12.4. The van der Waals surface area contributed by atoms with E-state index in [2.05, 4.69) is 31.7 Å². The standard InChI is InChI=1S/C28H27N7O3/c1-4-25(36)35-10-9-34-14-20(35)15-37-24-12-22-26(33-28(24)34)27(31-16-30-22)32-19-6-8-23(17(2)11-19)38-21-7-5-18(3)29-13-21/h4-8,11-13,16,20H,1,9-10,14-15H2,2-3H3,(H,30,31,32)/t20-/m1/s1. The zero-order chi connectivity index (χ0) is 26.2. The molecule has 10 heteroatoms. The summed E-state index contributed by atoms with van der Waals surface area (Å²) in [5.41, 5.74) is 4.05. The lowest BCUT2D eigenvalue weighted by Crippen LogP contribution is -2.56. The van der Waals surface area contributed by atoms with Crippen molar-refractivity contribution >= 4 is 34.3 Å². The van der Waals surface area contributed by atoms with Gasteiger partial charge in [0.25, 0.3) is 0 Å². The van der Waals surface area contributed by atoms with E-state index in [1.54, 1.807) is 6.20 Å². The lowest BCUT2D eigenvalue weighted by molar-refractivity contribution is -0.129. The van der Waals surface area contributed by atoms with Crippen LogP contribution in [0.5, 0.6) is 17.2 Å². The lowest BCUT2D eigenvalue weighted by atomic mass is 10.1. The van der Waals surface area contributed by atoms with Crippen molar-refractivity contribution in [1.29, 1.82) is 0 Å². The number of carbonyl (C=O) groups is 1. The van der Waals surface area contributed by atoms with Crippen molar-refractivity contribution in [2.75, 3.05) is 36.5 Å². The van der Waals surface area contributed by atoms with Crippen molar-refractivity contribution in [2.45, 2.75) is 19.9 Å². The van der Waals surface area contributed by atoms with Crippen LogP contribution in [0.1, 0.15) is 11.3 Å². The Bertz CT molecular complexity index is 1540. The smallest absolute Gasteiger partial charge is 0.246 e. The van der Waals surface area contributed by atoms with Crippen LogP contribution in [0.25, 0.3) is 11.0 Å². The predicted molar refractivity (Wildman–Crippen MR) is 144 cm³/mol. The molecule has 0 saturated carbocycles. The maximum Gasteiger partial charge on any atom is 0.246 e. The minimum atomic E-state index is -0.0816. The molecule has 192 valence electrons. The number of aromatic nitrogens is 4. The SMILES string of the molecule is C=CC(=O)N1CCN2C[C@@H]1COc1cc3ncnc(Nc4ccc(Oc5ccc(C)nc5)c(C)c4)c3nc12. The van der Waals surface area contributed by atoms with E-state index >= 15 is 0 Å². The maximum absolute atomic E-state index is 12.3. The molecule has 0 radical (unpaired) electrons. The Morgan fingerprint density at radius 2 is 2.05 bits per heavy atom. The number of rotatable bonds is 5. The third-order valence-electron chi connectivity index (χ3n) is 6.78. The second kappa shape index (κ2) is 9.62. The molecule has 4 aromatic rings. The number of carbonyl (C=O) groups excluding carboxylic acids is 1. The molecule has 0 unspecified atom stereocenters. The van der Waals surface area contributed by atoms with Crippen LogP contribution in [0.3, 0.4) is 0 Å². The minimum absolute atomic E-state index is 0.0744. The zero-order valence-electron chi connectivity index (χ0n) is 21.2. The maximum atomic E-state index is 12.3. The Kier molecular flexibility index (Phi) is 5.99. The normalized spacial score (nSPS) is 16.3. The first-order chi connectivity index (χ1) is 18.5. The molecule has 0 aliphatic carbocycles. The lowest BCUT2D eigenvalue weighted by Gasteiger charge is -2.39. The van der Waals surface area contributed by atoms with Gasteiger partial charge in [0.2, 0.25) is 5.91 Å². The highest BCUT2D eigenvalue weighted by molar-refractivity contribution is 5.90. The highest BCUT2D eigenvalue weighted by atomic mass is 16.5. The summed E-state index contributed by atoms with van der Waals surface area (Å²) in [5, 5.41) is 3.39. The molecule has 5 heterocycles. The summed E-state index contributed by atoms with van der Waals surface area (Å²) in [4.78, 5) is 34.4. The molecule has 38 heavy (non-hydrogen) atoms. The summed E-state index contributed by atoms with van der Waals surface area (Å²) in [5.74, 6) is 3.33. The molecule has 1 fully saturated rings. The average Bonchev–Trinajstić information content (AvgIpc) is 3.06. The van der Waals surface area contributed by atoms with E-state index in [0.29, 0.717) is 54.6 Å². The van der Waals surface area contributed by atoms with E-state index in [1.165, 1.54) is 12.4 Å². The number of fused-ring (bicyclic) bond motifs is 5. The minimum Gasteiger partial charge on any atom is -0.487 e. The Labute approximate surface area is 220 Å². The number of hydrogen-bond donors (Lipinski definition) is 1. The van der Waals surface area contributed by atoms with E-state index in [0.717, 1.165) is 28.5 Å². The molecular weight excluding hydrogens is 482 g/mol. The van der Waals surface area contributed by atoms with Crippen LogP contribution in [0.2, 0.25) is 0 Å². The first kappa shape index (κ1) is 23.7. The molecule has 2 aliphatic rings. The number of benzene rings is 1. The van der Waals surface area contributed by atoms with Gasteiger partial charge in [-0.2, -0.15) is 0 Å². The number of ether oxygens (including phenoxy) is 2.